The van der Waals surface area contributed by atoms with Crippen molar-refractivity contribution < 1.29 is 13.2 Å². The van der Waals surface area contributed by atoms with Crippen LogP contribution in [0, 0.1) is 6.92 Å². The molecule has 0 unspecified atom stereocenters. The molecule has 2 aromatic rings. The van der Waals surface area contributed by atoms with Crippen LogP contribution in [0.15, 0.2) is 53.4 Å². The zero-order valence-corrected chi connectivity index (χ0v) is 13.9. The molecule has 1 atom stereocenters. The molecule has 0 bridgehead atoms. The van der Waals surface area contributed by atoms with E-state index in [0.717, 1.165) is 17.7 Å². The van der Waals surface area contributed by atoms with Gasteiger partial charge in [-0.1, -0.05) is 24.6 Å². The summed E-state index contributed by atoms with van der Waals surface area (Å²) in [6, 6.07) is 14.0. The predicted octanol–water partition coefficient (Wildman–Crippen LogP) is 3.86. The minimum atomic E-state index is -3.47. The van der Waals surface area contributed by atoms with Crippen LogP contribution >= 0.6 is 0 Å². The van der Waals surface area contributed by atoms with E-state index in [-0.39, 0.29) is 10.9 Å². The van der Waals surface area contributed by atoms with Gasteiger partial charge in [0.05, 0.1) is 4.90 Å². The van der Waals surface area contributed by atoms with Crippen molar-refractivity contribution in [2.24, 2.45) is 0 Å². The van der Waals surface area contributed by atoms with Crippen LogP contribution in [0.2, 0.25) is 0 Å². The minimum absolute atomic E-state index is 0.0894. The van der Waals surface area contributed by atoms with Crippen LogP contribution in [-0.4, -0.2) is 14.5 Å². The van der Waals surface area contributed by atoms with Gasteiger partial charge in [0.15, 0.2) is 0 Å². The van der Waals surface area contributed by atoms with E-state index in [1.54, 1.807) is 24.3 Å². The Morgan fingerprint density at radius 2 is 1.50 bits per heavy atom. The van der Waals surface area contributed by atoms with E-state index in [2.05, 4.69) is 4.72 Å². The highest BCUT2D eigenvalue weighted by Gasteiger charge is 2.16. The van der Waals surface area contributed by atoms with Crippen molar-refractivity contribution in [1.29, 1.82) is 0 Å². The molecular weight excluding hydrogens is 298 g/mol. The molecule has 2 aromatic carbocycles. The van der Waals surface area contributed by atoms with Gasteiger partial charge in [0.1, 0.15) is 11.5 Å². The SMILES string of the molecule is CC[C@@H](C)NS(=O)(=O)c1ccc(Oc2ccc(C)cc2)cc1. The first-order valence-corrected chi connectivity index (χ1v) is 8.76. The van der Waals surface area contributed by atoms with Crippen molar-refractivity contribution in [3.05, 3.63) is 54.1 Å². The summed E-state index contributed by atoms with van der Waals surface area (Å²) in [4.78, 5) is 0.240. The van der Waals surface area contributed by atoms with Gasteiger partial charge in [0.25, 0.3) is 0 Å². The zero-order valence-electron chi connectivity index (χ0n) is 13.0. The number of nitrogens with one attached hydrogen (secondary N) is 1. The van der Waals surface area contributed by atoms with Crippen LogP contribution in [0.5, 0.6) is 11.5 Å². The molecule has 0 aromatic heterocycles. The fourth-order valence-electron chi connectivity index (χ4n) is 1.85. The maximum atomic E-state index is 12.2. The zero-order chi connectivity index (χ0) is 16.2. The second kappa shape index (κ2) is 6.94. The van der Waals surface area contributed by atoms with Crippen molar-refractivity contribution in [3.63, 3.8) is 0 Å². The highest BCUT2D eigenvalue weighted by molar-refractivity contribution is 7.89. The van der Waals surface area contributed by atoms with E-state index in [1.807, 2.05) is 45.0 Å². The Balaban J connectivity index is 2.11. The lowest BCUT2D eigenvalue weighted by Gasteiger charge is -2.12. The average molecular weight is 319 g/mol. The Hall–Kier alpha value is -1.85. The van der Waals surface area contributed by atoms with Gasteiger partial charge in [-0.15, -0.1) is 0 Å². The van der Waals surface area contributed by atoms with Crippen molar-refractivity contribution in [3.8, 4) is 11.5 Å². The van der Waals surface area contributed by atoms with E-state index >= 15 is 0 Å². The van der Waals surface area contributed by atoms with Crippen molar-refractivity contribution in [1.82, 2.24) is 4.72 Å². The van der Waals surface area contributed by atoms with Crippen molar-refractivity contribution in [2.45, 2.75) is 38.1 Å². The molecule has 0 fully saturated rings. The third-order valence-electron chi connectivity index (χ3n) is 3.36. The number of hydrogen-bond donors (Lipinski definition) is 1. The molecule has 4 nitrogen and oxygen atoms in total. The Morgan fingerprint density at radius 1 is 1.00 bits per heavy atom. The van der Waals surface area contributed by atoms with E-state index in [4.69, 9.17) is 4.74 Å². The average Bonchev–Trinajstić information content (AvgIpc) is 2.49. The van der Waals surface area contributed by atoms with Gasteiger partial charge < -0.3 is 4.74 Å². The lowest BCUT2D eigenvalue weighted by Crippen LogP contribution is -2.31. The molecule has 1 N–H and O–H groups in total. The third-order valence-corrected chi connectivity index (χ3v) is 4.96. The lowest BCUT2D eigenvalue weighted by atomic mass is 10.2. The number of hydrogen-bond acceptors (Lipinski definition) is 3. The smallest absolute Gasteiger partial charge is 0.240 e. The van der Waals surface area contributed by atoms with Crippen LogP contribution < -0.4 is 9.46 Å². The van der Waals surface area contributed by atoms with Crippen LogP contribution in [0.25, 0.3) is 0 Å². The number of ether oxygens (including phenoxy) is 1. The largest absolute Gasteiger partial charge is 0.457 e. The molecular formula is C17H21NO3S. The molecule has 0 aliphatic rings. The maximum absolute atomic E-state index is 12.2. The second-order valence-corrected chi connectivity index (χ2v) is 7.03. The molecule has 0 aliphatic heterocycles. The van der Waals surface area contributed by atoms with Crippen LogP contribution in [-0.2, 0) is 10.0 Å². The molecule has 0 radical (unpaired) electrons. The van der Waals surface area contributed by atoms with Gasteiger partial charge in [-0.3, -0.25) is 0 Å². The van der Waals surface area contributed by atoms with Crippen LogP contribution in [0.3, 0.4) is 0 Å². The summed E-state index contributed by atoms with van der Waals surface area (Å²) in [5.74, 6) is 1.32. The highest BCUT2D eigenvalue weighted by atomic mass is 32.2. The van der Waals surface area contributed by atoms with Gasteiger partial charge in [-0.25, -0.2) is 13.1 Å². The second-order valence-electron chi connectivity index (χ2n) is 5.32. The normalized spacial score (nSPS) is 12.9. The summed E-state index contributed by atoms with van der Waals surface area (Å²) in [6.07, 6.45) is 0.744. The van der Waals surface area contributed by atoms with E-state index in [9.17, 15) is 8.42 Å². The lowest BCUT2D eigenvalue weighted by molar-refractivity contribution is 0.482. The molecule has 5 heteroatoms. The van der Waals surface area contributed by atoms with Gasteiger partial charge in [-0.2, -0.15) is 0 Å². The molecule has 0 saturated carbocycles. The molecule has 0 spiro atoms. The highest BCUT2D eigenvalue weighted by Crippen LogP contribution is 2.23. The molecule has 2 rings (SSSR count). The Labute approximate surface area is 132 Å². The van der Waals surface area contributed by atoms with Crippen molar-refractivity contribution in [2.75, 3.05) is 0 Å². The fourth-order valence-corrected chi connectivity index (χ4v) is 3.17. The first-order chi connectivity index (χ1) is 10.4. The van der Waals surface area contributed by atoms with Crippen LogP contribution in [0.4, 0.5) is 0 Å². The monoisotopic (exact) mass is 319 g/mol. The maximum Gasteiger partial charge on any atom is 0.240 e. The topological polar surface area (TPSA) is 55.4 Å². The summed E-state index contributed by atoms with van der Waals surface area (Å²) < 4.78 is 32.6. The minimum Gasteiger partial charge on any atom is -0.457 e. The first kappa shape index (κ1) is 16.5. The van der Waals surface area contributed by atoms with Crippen LogP contribution in [0.1, 0.15) is 25.8 Å². The molecule has 22 heavy (non-hydrogen) atoms. The fraction of sp³-hybridized carbons (Fsp3) is 0.294. The van der Waals surface area contributed by atoms with Gasteiger partial charge in [0.2, 0.25) is 10.0 Å². The molecule has 0 saturated heterocycles. The van der Waals surface area contributed by atoms with Gasteiger partial charge >= 0.3 is 0 Å². The number of rotatable bonds is 6. The Kier molecular flexibility index (Phi) is 5.21. The van der Waals surface area contributed by atoms with Crippen molar-refractivity contribution >= 4 is 10.0 Å². The van der Waals surface area contributed by atoms with Gasteiger partial charge in [-0.05, 0) is 56.7 Å². The van der Waals surface area contributed by atoms with E-state index < -0.39 is 10.0 Å². The molecule has 0 aliphatic carbocycles. The van der Waals surface area contributed by atoms with E-state index in [1.165, 1.54) is 0 Å². The Bertz CT molecular complexity index is 707. The summed E-state index contributed by atoms with van der Waals surface area (Å²) in [6.45, 7) is 5.78. The predicted molar refractivity (Wildman–Crippen MR) is 87.8 cm³/mol. The quantitative estimate of drug-likeness (QED) is 0.879. The van der Waals surface area contributed by atoms with E-state index in [0.29, 0.717) is 5.75 Å². The standard InChI is InChI=1S/C17H21NO3S/c1-4-14(3)18-22(19,20)17-11-9-16(10-12-17)21-15-7-5-13(2)6-8-15/h5-12,14,18H,4H2,1-3H3/t14-/m1/s1. The summed E-state index contributed by atoms with van der Waals surface area (Å²) in [7, 11) is -3.47. The molecule has 0 heterocycles. The molecule has 118 valence electrons. The first-order valence-electron chi connectivity index (χ1n) is 7.27. The molecule has 0 amide bonds. The third kappa shape index (κ3) is 4.32. The number of sulfonamides is 1. The summed E-state index contributed by atoms with van der Waals surface area (Å²) in [5.41, 5.74) is 1.16. The Morgan fingerprint density at radius 3 is 2.00 bits per heavy atom. The number of benzene rings is 2. The van der Waals surface area contributed by atoms with Gasteiger partial charge in [0, 0.05) is 6.04 Å². The number of aryl methyl sites for hydroxylation is 1. The summed E-state index contributed by atoms with van der Waals surface area (Å²) in [5, 5.41) is 0. The summed E-state index contributed by atoms with van der Waals surface area (Å²) >= 11 is 0.